The number of nitro benzene ring substituents is 1. The Morgan fingerprint density at radius 3 is 2.45 bits per heavy atom. The van der Waals surface area contributed by atoms with Crippen molar-refractivity contribution in [2.24, 2.45) is 0 Å². The van der Waals surface area contributed by atoms with Crippen LogP contribution in [0.3, 0.4) is 0 Å². The summed E-state index contributed by atoms with van der Waals surface area (Å²) in [5.41, 5.74) is 1.37. The number of anilines is 1. The summed E-state index contributed by atoms with van der Waals surface area (Å²) in [4.78, 5) is 23.0. The summed E-state index contributed by atoms with van der Waals surface area (Å²) in [7, 11) is 1.47. The Balaban J connectivity index is 1.66. The quantitative estimate of drug-likeness (QED) is 0.183. The summed E-state index contributed by atoms with van der Waals surface area (Å²) < 4.78 is 59.6. The molecule has 0 bridgehead atoms. The van der Waals surface area contributed by atoms with Gasteiger partial charge >= 0.3 is 5.69 Å². The maximum absolute atomic E-state index is 14.2. The van der Waals surface area contributed by atoms with Crippen molar-refractivity contribution in [1.82, 2.24) is 5.32 Å². The number of furan rings is 1. The van der Waals surface area contributed by atoms with Crippen LogP contribution in [0.15, 0.2) is 59.0 Å². The molecule has 1 amide bonds. The zero-order chi connectivity index (χ0) is 27.1. The number of nitrogens with zero attached hydrogens (tertiary/aromatic N) is 2. The molecule has 0 saturated heterocycles. The molecule has 1 atom stereocenters. The van der Waals surface area contributed by atoms with Crippen LogP contribution >= 0.6 is 0 Å². The lowest BCUT2D eigenvalue weighted by Gasteiger charge is -2.28. The summed E-state index contributed by atoms with van der Waals surface area (Å²) in [5.74, 6) is -1.72. The highest BCUT2D eigenvalue weighted by molar-refractivity contribution is 7.80. The van der Waals surface area contributed by atoms with Gasteiger partial charge in [-0.2, -0.15) is 4.39 Å². The summed E-state index contributed by atoms with van der Waals surface area (Å²) in [6.45, 7) is -0.288. The van der Waals surface area contributed by atoms with Crippen molar-refractivity contribution < 1.29 is 31.7 Å². The lowest BCUT2D eigenvalue weighted by Crippen LogP contribution is -2.26. The second-order valence-electron chi connectivity index (χ2n) is 8.87. The number of carbonyl (C=O) groups excluding carboxylic acids is 1. The van der Waals surface area contributed by atoms with Gasteiger partial charge in [0.25, 0.3) is 5.91 Å². The Kier molecular flexibility index (Phi) is 6.67. The Morgan fingerprint density at radius 1 is 1.16 bits per heavy atom. The number of halogens is 2. The van der Waals surface area contributed by atoms with E-state index in [1.807, 2.05) is 0 Å². The third-order valence-corrected chi connectivity index (χ3v) is 7.08. The van der Waals surface area contributed by atoms with Crippen molar-refractivity contribution >= 4 is 39.5 Å². The van der Waals surface area contributed by atoms with Gasteiger partial charge in [-0.15, -0.1) is 0 Å². The third-order valence-electron chi connectivity index (χ3n) is 6.40. The predicted molar refractivity (Wildman–Crippen MR) is 135 cm³/mol. The fraction of sp³-hybridized carbons (Fsp3) is 0.192. The van der Waals surface area contributed by atoms with Crippen molar-refractivity contribution in [3.63, 3.8) is 0 Å². The molecule has 1 aliphatic carbocycles. The molecule has 1 heterocycles. The Labute approximate surface area is 217 Å². The van der Waals surface area contributed by atoms with E-state index in [9.17, 15) is 32.5 Å². The van der Waals surface area contributed by atoms with Crippen LogP contribution in [0.5, 0.6) is 0 Å². The number of hydrogen-bond acceptors (Lipinski definition) is 6. The molecule has 1 fully saturated rings. The number of hydrogen-bond donors (Lipinski definition) is 1. The predicted octanol–water partition coefficient (Wildman–Crippen LogP) is 5.32. The van der Waals surface area contributed by atoms with Gasteiger partial charge < -0.3 is 14.3 Å². The van der Waals surface area contributed by atoms with Crippen LogP contribution in [-0.4, -0.2) is 26.6 Å². The van der Waals surface area contributed by atoms with E-state index in [0.29, 0.717) is 16.5 Å². The molecule has 4 aromatic rings. The molecule has 9 nitrogen and oxygen atoms in total. The van der Waals surface area contributed by atoms with E-state index < -0.39 is 39.4 Å². The fourth-order valence-corrected chi connectivity index (χ4v) is 5.00. The molecule has 0 spiro atoms. The summed E-state index contributed by atoms with van der Waals surface area (Å²) in [6, 6.07) is 11.9. The molecular weight excluding hydrogens is 520 g/mol. The topological polar surface area (TPSA) is 129 Å². The summed E-state index contributed by atoms with van der Waals surface area (Å²) >= 11 is -2.80. The Bertz CT molecular complexity index is 1600. The van der Waals surface area contributed by atoms with Gasteiger partial charge in [-0.3, -0.25) is 23.4 Å². The molecular formula is C26H20F2N3O6S-. The van der Waals surface area contributed by atoms with Gasteiger partial charge in [0.15, 0.2) is 0 Å². The zero-order valence-corrected chi connectivity index (χ0v) is 20.7. The average Bonchev–Trinajstić information content (AvgIpc) is 3.66. The fourth-order valence-electron chi connectivity index (χ4n) is 4.42. The molecule has 12 heteroatoms. The molecule has 1 aliphatic rings. The largest absolute Gasteiger partial charge is 0.755 e. The van der Waals surface area contributed by atoms with Gasteiger partial charge in [-0.1, -0.05) is 6.07 Å². The van der Waals surface area contributed by atoms with E-state index in [4.69, 9.17) is 4.42 Å². The van der Waals surface area contributed by atoms with E-state index in [0.717, 1.165) is 29.3 Å². The monoisotopic (exact) mass is 540 g/mol. The van der Waals surface area contributed by atoms with Gasteiger partial charge in [-0.25, -0.2) is 4.39 Å². The lowest BCUT2D eigenvalue weighted by atomic mass is 10.00. The minimum absolute atomic E-state index is 0.0377. The van der Waals surface area contributed by atoms with E-state index in [1.54, 1.807) is 6.07 Å². The summed E-state index contributed by atoms with van der Waals surface area (Å²) in [5, 5.41) is 14.0. The number of nitro groups is 1. The standard InChI is InChI=1S/C26H21F2N3O6S/c1-29-26(32)24-19-11-18(15-3-4-15)22(12-23(19)37-25(24)16-5-7-17(27)8-6-16)30(38(35)36)13-14-2-9-21(31(33)34)20(28)10-14/h2,5-12,15H,3-4,13H2,1H3,(H,29,32)(H,35,36)/p-1. The first-order valence-corrected chi connectivity index (χ1v) is 12.6. The van der Waals surface area contributed by atoms with Crippen LogP contribution in [0.4, 0.5) is 20.2 Å². The lowest BCUT2D eigenvalue weighted by molar-refractivity contribution is -0.387. The van der Waals surface area contributed by atoms with Crippen molar-refractivity contribution in [3.8, 4) is 11.3 Å². The van der Waals surface area contributed by atoms with Crippen LogP contribution in [0.25, 0.3) is 22.3 Å². The smallest absolute Gasteiger partial charge is 0.304 e. The molecule has 0 radical (unpaired) electrons. The Morgan fingerprint density at radius 2 is 1.87 bits per heavy atom. The number of amides is 1. The van der Waals surface area contributed by atoms with Crippen LogP contribution in [-0.2, 0) is 17.8 Å². The number of rotatable bonds is 8. The normalized spacial score (nSPS) is 13.9. The number of nitrogens with one attached hydrogen (secondary N) is 1. The highest BCUT2D eigenvalue weighted by Crippen LogP contribution is 2.48. The van der Waals surface area contributed by atoms with Gasteiger partial charge in [0, 0.05) is 41.4 Å². The average molecular weight is 541 g/mol. The first-order valence-electron chi connectivity index (χ1n) is 11.6. The molecule has 3 aromatic carbocycles. The van der Waals surface area contributed by atoms with E-state index >= 15 is 0 Å². The van der Waals surface area contributed by atoms with Crippen molar-refractivity contribution in [2.75, 3.05) is 11.4 Å². The van der Waals surface area contributed by atoms with E-state index in [2.05, 4.69) is 5.32 Å². The third kappa shape index (κ3) is 4.75. The van der Waals surface area contributed by atoms with E-state index in [-0.39, 0.29) is 40.6 Å². The molecule has 1 N–H and O–H groups in total. The highest BCUT2D eigenvalue weighted by atomic mass is 32.2. The van der Waals surface area contributed by atoms with Gasteiger partial charge in [0.2, 0.25) is 5.82 Å². The highest BCUT2D eigenvalue weighted by Gasteiger charge is 2.31. The molecule has 0 aliphatic heterocycles. The number of benzene rings is 3. The number of fused-ring (bicyclic) bond motifs is 1. The van der Waals surface area contributed by atoms with E-state index in [1.165, 1.54) is 43.4 Å². The zero-order valence-electron chi connectivity index (χ0n) is 19.9. The molecule has 196 valence electrons. The van der Waals surface area contributed by atoms with Crippen LogP contribution in [0, 0.1) is 21.7 Å². The SMILES string of the molecule is CNC(=O)c1c(-c2ccc(F)cc2)oc2cc(N(Cc3ccc([N+](=O)[O-])c(F)c3)S(=O)[O-])c(C3CC3)cc12. The van der Waals surface area contributed by atoms with Crippen LogP contribution in [0.1, 0.15) is 40.2 Å². The van der Waals surface area contributed by atoms with Crippen molar-refractivity contribution in [2.45, 2.75) is 25.3 Å². The first-order chi connectivity index (χ1) is 18.2. The van der Waals surface area contributed by atoms with Crippen molar-refractivity contribution in [3.05, 3.63) is 93.0 Å². The molecule has 38 heavy (non-hydrogen) atoms. The van der Waals surface area contributed by atoms with Gasteiger partial charge in [0.1, 0.15) is 17.2 Å². The van der Waals surface area contributed by atoms with Crippen LogP contribution < -0.4 is 9.62 Å². The molecule has 5 rings (SSSR count). The second-order valence-corrected chi connectivity index (χ2v) is 9.75. The summed E-state index contributed by atoms with van der Waals surface area (Å²) in [6.07, 6.45) is 1.62. The Hall–Kier alpha value is -4.16. The van der Waals surface area contributed by atoms with Crippen molar-refractivity contribution in [1.29, 1.82) is 0 Å². The first kappa shape index (κ1) is 25.5. The minimum Gasteiger partial charge on any atom is -0.755 e. The van der Waals surface area contributed by atoms with Gasteiger partial charge in [-0.05, 0) is 66.3 Å². The van der Waals surface area contributed by atoms with Crippen LogP contribution in [0.2, 0.25) is 0 Å². The maximum atomic E-state index is 14.2. The molecule has 1 saturated carbocycles. The van der Waals surface area contributed by atoms with Gasteiger partial charge in [0.05, 0.1) is 22.7 Å². The molecule has 1 aromatic heterocycles. The minimum atomic E-state index is -2.80. The maximum Gasteiger partial charge on any atom is 0.304 e. The number of carbonyl (C=O) groups is 1. The molecule has 1 unspecified atom stereocenters. The second kappa shape index (κ2) is 9.95.